The van der Waals surface area contributed by atoms with Crippen LogP contribution < -0.4 is 0 Å². The maximum absolute atomic E-state index is 13.6. The van der Waals surface area contributed by atoms with E-state index >= 15 is 0 Å². The summed E-state index contributed by atoms with van der Waals surface area (Å²) >= 11 is 0. The Labute approximate surface area is 175 Å². The average Bonchev–Trinajstić information content (AvgIpc) is 2.78. The molecule has 4 aromatic rings. The molecule has 0 spiro atoms. The van der Waals surface area contributed by atoms with Crippen molar-refractivity contribution in [2.75, 3.05) is 6.61 Å². The minimum absolute atomic E-state index is 0.201. The number of para-hydroxylation sites is 1. The maximum atomic E-state index is 13.6. The lowest BCUT2D eigenvalue weighted by molar-refractivity contribution is 0.0524. The standard InChI is InChI=1S/C26H21NO3/c1-3-30-26(29)23-22(25(28)19-15-13-17(2)14-16-19)20-11-7-8-12-21(20)27-24(23)18-9-5-4-6-10-18/h4-16H,3H2,1-2H3. The Morgan fingerprint density at radius 3 is 2.20 bits per heavy atom. The summed E-state index contributed by atoms with van der Waals surface area (Å²) in [4.78, 5) is 31.5. The number of carbonyl (C=O) groups excluding carboxylic acids is 2. The minimum Gasteiger partial charge on any atom is -0.462 e. The Morgan fingerprint density at radius 2 is 1.50 bits per heavy atom. The summed E-state index contributed by atoms with van der Waals surface area (Å²) in [5.74, 6) is -0.779. The molecule has 0 amide bonds. The van der Waals surface area contributed by atoms with Gasteiger partial charge in [-0.2, -0.15) is 0 Å². The molecule has 0 aliphatic carbocycles. The Kier molecular flexibility index (Phi) is 5.40. The van der Waals surface area contributed by atoms with Gasteiger partial charge in [-0.3, -0.25) is 4.79 Å². The predicted molar refractivity (Wildman–Crippen MR) is 118 cm³/mol. The third kappa shape index (κ3) is 3.60. The van der Waals surface area contributed by atoms with E-state index in [9.17, 15) is 9.59 Å². The van der Waals surface area contributed by atoms with Crippen molar-refractivity contribution in [3.05, 3.63) is 101 Å². The highest BCUT2D eigenvalue weighted by Gasteiger charge is 2.27. The predicted octanol–water partition coefficient (Wildman–Crippen LogP) is 5.62. The lowest BCUT2D eigenvalue weighted by atomic mass is 9.91. The van der Waals surface area contributed by atoms with Gasteiger partial charge in [0.1, 0.15) is 0 Å². The fraction of sp³-hybridized carbons (Fsp3) is 0.115. The third-order valence-electron chi connectivity index (χ3n) is 4.96. The van der Waals surface area contributed by atoms with E-state index in [0.29, 0.717) is 27.7 Å². The first-order valence-corrected chi connectivity index (χ1v) is 9.86. The summed E-state index contributed by atoms with van der Waals surface area (Å²) in [6.07, 6.45) is 0. The molecule has 0 atom stereocenters. The minimum atomic E-state index is -0.551. The van der Waals surface area contributed by atoms with Crippen LogP contribution in [0.2, 0.25) is 0 Å². The third-order valence-corrected chi connectivity index (χ3v) is 4.96. The van der Waals surface area contributed by atoms with Gasteiger partial charge in [0.05, 0.1) is 23.4 Å². The number of pyridine rings is 1. The summed E-state index contributed by atoms with van der Waals surface area (Å²) < 4.78 is 5.35. The molecule has 0 N–H and O–H groups in total. The number of hydrogen-bond acceptors (Lipinski definition) is 4. The van der Waals surface area contributed by atoms with Crippen molar-refractivity contribution >= 4 is 22.7 Å². The van der Waals surface area contributed by atoms with Crippen LogP contribution in [0.5, 0.6) is 0 Å². The first-order valence-electron chi connectivity index (χ1n) is 9.86. The summed E-state index contributed by atoms with van der Waals surface area (Å²) in [6, 6.07) is 24.1. The number of carbonyl (C=O) groups is 2. The zero-order valence-corrected chi connectivity index (χ0v) is 16.9. The lowest BCUT2D eigenvalue weighted by Gasteiger charge is -2.16. The molecule has 3 aromatic carbocycles. The van der Waals surface area contributed by atoms with Crippen LogP contribution in [-0.4, -0.2) is 23.3 Å². The number of hydrogen-bond donors (Lipinski definition) is 0. The first kappa shape index (κ1) is 19.5. The fourth-order valence-electron chi connectivity index (χ4n) is 3.50. The number of benzene rings is 3. The maximum Gasteiger partial charge on any atom is 0.341 e. The number of ketones is 1. The van der Waals surface area contributed by atoms with Crippen molar-refractivity contribution in [2.45, 2.75) is 13.8 Å². The smallest absolute Gasteiger partial charge is 0.341 e. The van der Waals surface area contributed by atoms with Gasteiger partial charge in [-0.05, 0) is 19.9 Å². The van der Waals surface area contributed by atoms with E-state index in [1.165, 1.54) is 0 Å². The zero-order valence-electron chi connectivity index (χ0n) is 16.9. The van der Waals surface area contributed by atoms with Crippen LogP contribution in [0.4, 0.5) is 0 Å². The van der Waals surface area contributed by atoms with Crippen LogP contribution in [0.15, 0.2) is 78.9 Å². The zero-order chi connectivity index (χ0) is 21.1. The highest BCUT2D eigenvalue weighted by Crippen LogP contribution is 2.32. The van der Waals surface area contributed by atoms with E-state index in [0.717, 1.165) is 11.1 Å². The number of nitrogens with zero attached hydrogens (tertiary/aromatic N) is 1. The van der Waals surface area contributed by atoms with Gasteiger partial charge in [0.25, 0.3) is 0 Å². The molecule has 0 aliphatic rings. The van der Waals surface area contributed by atoms with Crippen LogP contribution in [-0.2, 0) is 4.74 Å². The molecule has 0 aliphatic heterocycles. The fourth-order valence-corrected chi connectivity index (χ4v) is 3.50. The summed E-state index contributed by atoms with van der Waals surface area (Å²) in [7, 11) is 0. The summed E-state index contributed by atoms with van der Waals surface area (Å²) in [6.45, 7) is 3.92. The number of aromatic nitrogens is 1. The molecule has 0 bridgehead atoms. The van der Waals surface area contributed by atoms with E-state index in [-0.39, 0.29) is 18.0 Å². The Bertz CT molecular complexity index is 1230. The Balaban J connectivity index is 2.07. The van der Waals surface area contributed by atoms with Gasteiger partial charge < -0.3 is 4.74 Å². The van der Waals surface area contributed by atoms with Gasteiger partial charge in [-0.15, -0.1) is 0 Å². The van der Waals surface area contributed by atoms with Crippen LogP contribution >= 0.6 is 0 Å². The molecular weight excluding hydrogens is 374 g/mol. The van der Waals surface area contributed by atoms with Crippen molar-refractivity contribution in [2.24, 2.45) is 0 Å². The Hall–Kier alpha value is -3.79. The van der Waals surface area contributed by atoms with E-state index < -0.39 is 5.97 Å². The van der Waals surface area contributed by atoms with E-state index in [2.05, 4.69) is 0 Å². The first-order chi connectivity index (χ1) is 14.6. The number of ether oxygens (including phenoxy) is 1. The molecule has 0 saturated heterocycles. The van der Waals surface area contributed by atoms with Crippen molar-refractivity contribution in [3.63, 3.8) is 0 Å². The quantitative estimate of drug-likeness (QED) is 0.325. The molecule has 0 unspecified atom stereocenters. The van der Waals surface area contributed by atoms with Gasteiger partial charge >= 0.3 is 5.97 Å². The van der Waals surface area contributed by atoms with Gasteiger partial charge in [-0.1, -0.05) is 78.4 Å². The van der Waals surface area contributed by atoms with Gasteiger partial charge in [0, 0.05) is 22.1 Å². The molecule has 1 heterocycles. The normalized spacial score (nSPS) is 10.7. The van der Waals surface area contributed by atoms with Crippen molar-refractivity contribution in [1.29, 1.82) is 0 Å². The van der Waals surface area contributed by atoms with Gasteiger partial charge in [-0.25, -0.2) is 9.78 Å². The molecule has 0 saturated carbocycles. The van der Waals surface area contributed by atoms with Crippen LogP contribution in [0.3, 0.4) is 0 Å². The topological polar surface area (TPSA) is 56.3 Å². The molecule has 30 heavy (non-hydrogen) atoms. The number of rotatable bonds is 5. The van der Waals surface area contributed by atoms with Gasteiger partial charge in [0.2, 0.25) is 0 Å². The average molecular weight is 395 g/mol. The van der Waals surface area contributed by atoms with Crippen LogP contribution in [0, 0.1) is 6.92 Å². The number of esters is 1. The summed E-state index contributed by atoms with van der Waals surface area (Å²) in [5.41, 5.74) is 3.95. The molecule has 4 nitrogen and oxygen atoms in total. The van der Waals surface area contributed by atoms with E-state index in [4.69, 9.17) is 9.72 Å². The largest absolute Gasteiger partial charge is 0.462 e. The van der Waals surface area contributed by atoms with Crippen LogP contribution in [0.25, 0.3) is 22.2 Å². The van der Waals surface area contributed by atoms with Crippen molar-refractivity contribution < 1.29 is 14.3 Å². The number of aryl methyl sites for hydroxylation is 1. The SMILES string of the molecule is CCOC(=O)c1c(-c2ccccc2)nc2ccccc2c1C(=O)c1ccc(C)cc1. The summed E-state index contributed by atoms with van der Waals surface area (Å²) in [5, 5.41) is 0.630. The molecule has 0 radical (unpaired) electrons. The van der Waals surface area contributed by atoms with Crippen molar-refractivity contribution in [1.82, 2.24) is 4.98 Å². The highest BCUT2D eigenvalue weighted by atomic mass is 16.5. The molecular formula is C26H21NO3. The highest BCUT2D eigenvalue weighted by molar-refractivity contribution is 6.22. The van der Waals surface area contributed by atoms with Gasteiger partial charge in [0.15, 0.2) is 5.78 Å². The second-order valence-electron chi connectivity index (χ2n) is 7.01. The second-order valence-corrected chi connectivity index (χ2v) is 7.01. The number of fused-ring (bicyclic) bond motifs is 1. The molecule has 4 heteroatoms. The van der Waals surface area contributed by atoms with E-state index in [1.807, 2.05) is 73.7 Å². The molecule has 4 rings (SSSR count). The lowest BCUT2D eigenvalue weighted by Crippen LogP contribution is -2.16. The monoisotopic (exact) mass is 395 g/mol. The second kappa shape index (κ2) is 8.29. The molecule has 0 fully saturated rings. The molecule has 1 aromatic heterocycles. The van der Waals surface area contributed by atoms with E-state index in [1.54, 1.807) is 19.1 Å². The van der Waals surface area contributed by atoms with Crippen LogP contribution in [0.1, 0.15) is 38.8 Å². The van der Waals surface area contributed by atoms with Crippen molar-refractivity contribution in [3.8, 4) is 11.3 Å². The Morgan fingerprint density at radius 1 is 0.833 bits per heavy atom. The molecule has 148 valence electrons.